The quantitative estimate of drug-likeness (QED) is 0.847. The summed E-state index contributed by atoms with van der Waals surface area (Å²) in [5.41, 5.74) is 2.70. The molecule has 0 aromatic heterocycles. The summed E-state index contributed by atoms with van der Waals surface area (Å²) in [6.07, 6.45) is -0.995. The highest BCUT2D eigenvalue weighted by Crippen LogP contribution is 2.30. The molecule has 1 fully saturated rings. The molecule has 0 radical (unpaired) electrons. The van der Waals surface area contributed by atoms with Gasteiger partial charge in [0.25, 0.3) is 0 Å². The van der Waals surface area contributed by atoms with Gasteiger partial charge in [0.2, 0.25) is 0 Å². The number of carbonyl (C=O) groups excluding carboxylic acids is 1. The molecule has 0 spiro atoms. The number of amides is 2. The molecule has 2 amide bonds. The van der Waals surface area contributed by atoms with Gasteiger partial charge in [-0.2, -0.15) is 0 Å². The molecule has 2 atom stereocenters. The number of carbonyl (C=O) groups is 1. The lowest BCUT2D eigenvalue weighted by Gasteiger charge is -2.18. The van der Waals surface area contributed by atoms with Gasteiger partial charge in [0.05, 0.1) is 32.4 Å². The molecule has 6 heteroatoms. The first-order valence-electron chi connectivity index (χ1n) is 9.11. The van der Waals surface area contributed by atoms with Gasteiger partial charge in [0.15, 0.2) is 0 Å². The van der Waals surface area contributed by atoms with Crippen molar-refractivity contribution in [1.29, 1.82) is 0 Å². The minimum Gasteiger partial charge on any atom is -0.496 e. The van der Waals surface area contributed by atoms with Crippen LogP contribution in [0.15, 0.2) is 48.5 Å². The molecule has 1 aliphatic heterocycles. The third-order valence-electron chi connectivity index (χ3n) is 4.53. The van der Waals surface area contributed by atoms with E-state index < -0.39 is 6.10 Å². The average Bonchev–Trinajstić information content (AvgIpc) is 3.02. The number of urea groups is 1. The number of nitrogens with zero attached hydrogens (tertiary/aromatic N) is 1. The van der Waals surface area contributed by atoms with Gasteiger partial charge in [0, 0.05) is 11.3 Å². The summed E-state index contributed by atoms with van der Waals surface area (Å²) in [5, 5.41) is 13.0. The number of aliphatic hydroxyl groups is 1. The van der Waals surface area contributed by atoms with Crippen LogP contribution in [-0.2, 0) is 4.74 Å². The summed E-state index contributed by atoms with van der Waals surface area (Å²) in [7, 11) is 1.65. The zero-order valence-electron chi connectivity index (χ0n) is 15.9. The molecule has 0 aliphatic carbocycles. The number of anilines is 1. The third kappa shape index (κ3) is 4.59. The summed E-state index contributed by atoms with van der Waals surface area (Å²) in [6.45, 7) is 4.48. The number of benzene rings is 2. The van der Waals surface area contributed by atoms with Crippen molar-refractivity contribution in [1.82, 2.24) is 4.90 Å². The molecule has 1 heterocycles. The summed E-state index contributed by atoms with van der Waals surface area (Å²) in [6, 6.07) is 15.1. The molecule has 144 valence electrons. The lowest BCUT2D eigenvalue weighted by atomic mass is 10.0. The van der Waals surface area contributed by atoms with Crippen molar-refractivity contribution in [3.05, 3.63) is 48.5 Å². The van der Waals surface area contributed by atoms with E-state index >= 15 is 0 Å². The zero-order chi connectivity index (χ0) is 19.4. The smallest absolute Gasteiger partial charge is 0.322 e. The van der Waals surface area contributed by atoms with Gasteiger partial charge in [-0.15, -0.1) is 0 Å². The second-order valence-electron chi connectivity index (χ2n) is 6.90. The van der Waals surface area contributed by atoms with E-state index in [1.165, 1.54) is 0 Å². The predicted octanol–water partition coefficient (Wildman–Crippen LogP) is 3.36. The molecule has 6 nitrogen and oxygen atoms in total. The second kappa shape index (κ2) is 8.41. The van der Waals surface area contributed by atoms with E-state index in [0.717, 1.165) is 16.9 Å². The van der Waals surface area contributed by atoms with Crippen LogP contribution in [0.2, 0.25) is 0 Å². The fraction of sp³-hybridized carbons (Fsp3) is 0.381. The summed E-state index contributed by atoms with van der Waals surface area (Å²) >= 11 is 0. The number of hydrogen-bond donors (Lipinski definition) is 2. The van der Waals surface area contributed by atoms with E-state index in [1.54, 1.807) is 12.0 Å². The lowest BCUT2D eigenvalue weighted by molar-refractivity contribution is -0.0393. The fourth-order valence-electron chi connectivity index (χ4n) is 3.22. The molecule has 27 heavy (non-hydrogen) atoms. The Kier molecular flexibility index (Phi) is 5.98. The first-order chi connectivity index (χ1) is 13.0. The maximum absolute atomic E-state index is 12.5. The van der Waals surface area contributed by atoms with Crippen molar-refractivity contribution in [3.63, 3.8) is 0 Å². The fourth-order valence-corrected chi connectivity index (χ4v) is 3.22. The first-order valence-corrected chi connectivity index (χ1v) is 9.11. The molecule has 3 rings (SSSR count). The number of para-hydroxylation sites is 1. The largest absolute Gasteiger partial charge is 0.496 e. The van der Waals surface area contributed by atoms with Crippen LogP contribution in [-0.4, -0.2) is 54.5 Å². The highest BCUT2D eigenvalue weighted by atomic mass is 16.5. The number of β-amino-alcohol motifs (C(OH)–C–C–N with tert-alkyl or cyclic N) is 1. The molecule has 2 aromatic carbocycles. The number of hydrogen-bond acceptors (Lipinski definition) is 4. The number of likely N-dealkylation sites (tertiary alicyclic amines) is 1. The van der Waals surface area contributed by atoms with E-state index in [1.807, 2.05) is 62.4 Å². The molecule has 1 saturated heterocycles. The zero-order valence-corrected chi connectivity index (χ0v) is 15.9. The van der Waals surface area contributed by atoms with Crippen molar-refractivity contribution in [2.75, 3.05) is 25.5 Å². The van der Waals surface area contributed by atoms with Crippen LogP contribution in [0.3, 0.4) is 0 Å². The Balaban J connectivity index is 1.64. The summed E-state index contributed by atoms with van der Waals surface area (Å²) < 4.78 is 11.1. The van der Waals surface area contributed by atoms with Crippen LogP contribution >= 0.6 is 0 Å². The molecule has 0 saturated carbocycles. The Morgan fingerprint density at radius 3 is 2.52 bits per heavy atom. The van der Waals surface area contributed by atoms with Crippen molar-refractivity contribution in [2.24, 2.45) is 0 Å². The SMILES string of the molecule is COc1ccccc1-c1ccc(NC(=O)N2C[C@@H](O)[C@H](OC(C)C)C2)cc1. The molecule has 0 bridgehead atoms. The van der Waals surface area contributed by atoms with Crippen molar-refractivity contribution < 1.29 is 19.4 Å². The third-order valence-corrected chi connectivity index (χ3v) is 4.53. The average molecular weight is 370 g/mol. The Morgan fingerprint density at radius 2 is 1.85 bits per heavy atom. The highest BCUT2D eigenvalue weighted by molar-refractivity contribution is 5.90. The van der Waals surface area contributed by atoms with Crippen molar-refractivity contribution >= 4 is 11.7 Å². The van der Waals surface area contributed by atoms with Crippen LogP contribution in [0.5, 0.6) is 5.75 Å². The topological polar surface area (TPSA) is 71.0 Å². The maximum Gasteiger partial charge on any atom is 0.322 e. The maximum atomic E-state index is 12.5. The van der Waals surface area contributed by atoms with Gasteiger partial charge in [0.1, 0.15) is 11.9 Å². The number of ether oxygens (including phenoxy) is 2. The number of aliphatic hydroxyl groups excluding tert-OH is 1. The van der Waals surface area contributed by atoms with E-state index in [4.69, 9.17) is 9.47 Å². The van der Waals surface area contributed by atoms with Crippen LogP contribution < -0.4 is 10.1 Å². The van der Waals surface area contributed by atoms with Gasteiger partial charge in [-0.05, 0) is 37.6 Å². The van der Waals surface area contributed by atoms with Gasteiger partial charge in [-0.25, -0.2) is 4.79 Å². The first kappa shape index (κ1) is 19.2. The Hall–Kier alpha value is -2.57. The Morgan fingerprint density at radius 1 is 1.15 bits per heavy atom. The number of nitrogens with one attached hydrogen (secondary N) is 1. The van der Waals surface area contributed by atoms with Gasteiger partial charge in [-0.3, -0.25) is 0 Å². The van der Waals surface area contributed by atoms with Gasteiger partial charge >= 0.3 is 6.03 Å². The molecule has 2 N–H and O–H groups in total. The summed E-state index contributed by atoms with van der Waals surface area (Å²) in [5.74, 6) is 0.802. The van der Waals surface area contributed by atoms with E-state index in [2.05, 4.69) is 5.32 Å². The van der Waals surface area contributed by atoms with Crippen LogP contribution in [0.1, 0.15) is 13.8 Å². The monoisotopic (exact) mass is 370 g/mol. The standard InChI is InChI=1S/C21H26N2O4/c1-14(2)27-20-13-23(12-18(20)24)21(25)22-16-10-8-15(9-11-16)17-6-4-5-7-19(17)26-3/h4-11,14,18,20,24H,12-13H2,1-3H3,(H,22,25)/t18-,20-/m1/s1. The Labute approximate surface area is 159 Å². The normalized spacial score (nSPS) is 19.4. The predicted molar refractivity (Wildman–Crippen MR) is 105 cm³/mol. The van der Waals surface area contributed by atoms with Crippen molar-refractivity contribution in [3.8, 4) is 16.9 Å². The molecule has 1 aliphatic rings. The van der Waals surface area contributed by atoms with Gasteiger partial charge in [-0.1, -0.05) is 30.3 Å². The summed E-state index contributed by atoms with van der Waals surface area (Å²) in [4.78, 5) is 14.1. The van der Waals surface area contributed by atoms with Crippen molar-refractivity contribution in [2.45, 2.75) is 32.2 Å². The molecule has 2 aromatic rings. The van der Waals surface area contributed by atoms with Crippen LogP contribution in [0, 0.1) is 0 Å². The van der Waals surface area contributed by atoms with E-state index in [9.17, 15) is 9.90 Å². The van der Waals surface area contributed by atoms with Crippen LogP contribution in [0.25, 0.3) is 11.1 Å². The molecule has 0 unspecified atom stereocenters. The van der Waals surface area contributed by atoms with Crippen LogP contribution in [0.4, 0.5) is 10.5 Å². The van der Waals surface area contributed by atoms with Gasteiger partial charge < -0.3 is 24.8 Å². The lowest BCUT2D eigenvalue weighted by Crippen LogP contribution is -2.34. The van der Waals surface area contributed by atoms with E-state index in [0.29, 0.717) is 12.2 Å². The Bertz CT molecular complexity index is 776. The minimum absolute atomic E-state index is 0.00943. The minimum atomic E-state index is -0.661. The molecular weight excluding hydrogens is 344 g/mol. The molecular formula is C21H26N2O4. The number of methoxy groups -OCH3 is 1. The highest BCUT2D eigenvalue weighted by Gasteiger charge is 2.35. The second-order valence-corrected chi connectivity index (χ2v) is 6.90. The number of rotatable bonds is 5. The van der Waals surface area contributed by atoms with E-state index in [-0.39, 0.29) is 24.8 Å².